The van der Waals surface area contributed by atoms with E-state index in [9.17, 15) is 0 Å². The molecule has 1 saturated heterocycles. The number of rotatable bonds is 6. The van der Waals surface area contributed by atoms with Crippen molar-refractivity contribution in [2.75, 3.05) is 26.7 Å². The number of furan rings is 1. The summed E-state index contributed by atoms with van der Waals surface area (Å²) in [7, 11) is 2.22. The average Bonchev–Trinajstić information content (AvgIpc) is 3.13. The van der Waals surface area contributed by atoms with E-state index in [2.05, 4.69) is 47.0 Å². The summed E-state index contributed by atoms with van der Waals surface area (Å²) in [4.78, 5) is 4.96. The van der Waals surface area contributed by atoms with Crippen molar-refractivity contribution >= 4 is 0 Å². The molecular weight excluding hydrogens is 288 g/mol. The van der Waals surface area contributed by atoms with Crippen molar-refractivity contribution in [3.05, 3.63) is 41.1 Å². The first kappa shape index (κ1) is 16.3. The monoisotopic (exact) mass is 316 g/mol. The van der Waals surface area contributed by atoms with Crippen molar-refractivity contribution in [1.29, 1.82) is 0 Å². The molecule has 2 aromatic rings. The standard InChI is InChI=1S/C18H28N4O/c1-14-18(15(2)20-19-14)13-21(3)10-16-6-4-8-22(11-16)12-17-7-5-9-23-17/h5,7,9,16H,4,6,8,10-13H2,1-3H3,(H,19,20)/t16-/m1/s1. The smallest absolute Gasteiger partial charge is 0.117 e. The van der Waals surface area contributed by atoms with Gasteiger partial charge in [-0.3, -0.25) is 10.00 Å². The highest BCUT2D eigenvalue weighted by Crippen LogP contribution is 2.21. The van der Waals surface area contributed by atoms with E-state index in [-0.39, 0.29) is 0 Å². The van der Waals surface area contributed by atoms with Crippen LogP contribution >= 0.6 is 0 Å². The van der Waals surface area contributed by atoms with Gasteiger partial charge in [-0.15, -0.1) is 0 Å². The summed E-state index contributed by atoms with van der Waals surface area (Å²) in [6, 6.07) is 4.04. The van der Waals surface area contributed by atoms with E-state index in [1.54, 1.807) is 6.26 Å². The van der Waals surface area contributed by atoms with Crippen molar-refractivity contribution in [2.24, 2.45) is 5.92 Å². The normalized spacial score (nSPS) is 19.6. The summed E-state index contributed by atoms with van der Waals surface area (Å²) in [6.45, 7) is 9.58. The summed E-state index contributed by atoms with van der Waals surface area (Å²) in [6.07, 6.45) is 4.37. The maximum atomic E-state index is 5.49. The number of hydrogen-bond donors (Lipinski definition) is 1. The van der Waals surface area contributed by atoms with Crippen LogP contribution in [0.4, 0.5) is 0 Å². The zero-order valence-electron chi connectivity index (χ0n) is 14.5. The van der Waals surface area contributed by atoms with Crippen LogP contribution in [0.3, 0.4) is 0 Å². The SMILES string of the molecule is Cc1n[nH]c(C)c1CN(C)C[C@H]1CCCN(Cc2ccco2)C1. The summed E-state index contributed by atoms with van der Waals surface area (Å²) in [5.74, 6) is 1.81. The van der Waals surface area contributed by atoms with E-state index in [4.69, 9.17) is 4.42 Å². The number of aromatic nitrogens is 2. The van der Waals surface area contributed by atoms with Gasteiger partial charge < -0.3 is 9.32 Å². The van der Waals surface area contributed by atoms with Crippen LogP contribution in [0.15, 0.2) is 22.8 Å². The van der Waals surface area contributed by atoms with Crippen LogP contribution < -0.4 is 0 Å². The molecule has 0 bridgehead atoms. The molecule has 3 heterocycles. The van der Waals surface area contributed by atoms with Crippen molar-refractivity contribution in [3.8, 4) is 0 Å². The highest BCUT2D eigenvalue weighted by Gasteiger charge is 2.22. The van der Waals surface area contributed by atoms with E-state index >= 15 is 0 Å². The van der Waals surface area contributed by atoms with Gasteiger partial charge in [0.15, 0.2) is 0 Å². The lowest BCUT2D eigenvalue weighted by Crippen LogP contribution is -2.39. The van der Waals surface area contributed by atoms with Crippen molar-refractivity contribution in [3.63, 3.8) is 0 Å². The van der Waals surface area contributed by atoms with Crippen LogP contribution in [0, 0.1) is 19.8 Å². The first-order chi connectivity index (χ1) is 11.1. The van der Waals surface area contributed by atoms with Gasteiger partial charge in [0.25, 0.3) is 0 Å². The second kappa shape index (κ2) is 7.32. The van der Waals surface area contributed by atoms with Gasteiger partial charge in [0.05, 0.1) is 18.5 Å². The zero-order valence-corrected chi connectivity index (χ0v) is 14.5. The van der Waals surface area contributed by atoms with E-state index in [1.165, 1.54) is 30.6 Å². The molecule has 5 heteroatoms. The van der Waals surface area contributed by atoms with Crippen molar-refractivity contribution in [1.82, 2.24) is 20.0 Å². The van der Waals surface area contributed by atoms with Crippen molar-refractivity contribution < 1.29 is 4.42 Å². The molecule has 0 radical (unpaired) electrons. The Hall–Kier alpha value is -1.59. The molecular formula is C18H28N4O. The fourth-order valence-corrected chi connectivity index (χ4v) is 3.65. The van der Waals surface area contributed by atoms with Gasteiger partial charge >= 0.3 is 0 Å². The Kier molecular flexibility index (Phi) is 5.18. The molecule has 1 atom stereocenters. The second-order valence-electron chi connectivity index (χ2n) is 6.93. The highest BCUT2D eigenvalue weighted by molar-refractivity contribution is 5.22. The quantitative estimate of drug-likeness (QED) is 0.890. The number of aryl methyl sites for hydroxylation is 2. The topological polar surface area (TPSA) is 48.3 Å². The maximum Gasteiger partial charge on any atom is 0.117 e. The van der Waals surface area contributed by atoms with Crippen LogP contribution in [-0.4, -0.2) is 46.7 Å². The molecule has 126 valence electrons. The average molecular weight is 316 g/mol. The lowest BCUT2D eigenvalue weighted by atomic mass is 9.97. The molecule has 0 unspecified atom stereocenters. The zero-order chi connectivity index (χ0) is 16.2. The second-order valence-corrected chi connectivity index (χ2v) is 6.93. The minimum Gasteiger partial charge on any atom is -0.468 e. The third kappa shape index (κ3) is 4.24. The highest BCUT2D eigenvalue weighted by atomic mass is 16.3. The molecule has 0 spiro atoms. The third-order valence-corrected chi connectivity index (χ3v) is 4.84. The Labute approximate surface area is 138 Å². The molecule has 3 rings (SSSR count). The van der Waals surface area contributed by atoms with Crippen LogP contribution in [0.2, 0.25) is 0 Å². The molecule has 1 fully saturated rings. The number of nitrogens with zero attached hydrogens (tertiary/aromatic N) is 3. The minimum absolute atomic E-state index is 0.733. The van der Waals surface area contributed by atoms with Gasteiger partial charge in [0.1, 0.15) is 5.76 Å². The van der Waals surface area contributed by atoms with E-state index in [0.717, 1.165) is 43.6 Å². The lowest BCUT2D eigenvalue weighted by Gasteiger charge is -2.34. The van der Waals surface area contributed by atoms with Crippen molar-refractivity contribution in [2.45, 2.75) is 39.8 Å². The van der Waals surface area contributed by atoms with E-state index in [0.29, 0.717) is 0 Å². The Morgan fingerprint density at radius 1 is 1.43 bits per heavy atom. The van der Waals surface area contributed by atoms with Crippen LogP contribution in [0.1, 0.15) is 35.6 Å². The first-order valence-corrected chi connectivity index (χ1v) is 8.55. The third-order valence-electron chi connectivity index (χ3n) is 4.84. The molecule has 1 N–H and O–H groups in total. The van der Waals surface area contributed by atoms with E-state index < -0.39 is 0 Å². The number of H-pyrrole nitrogens is 1. The van der Waals surface area contributed by atoms with Gasteiger partial charge in [0.2, 0.25) is 0 Å². The molecule has 23 heavy (non-hydrogen) atoms. The number of hydrogen-bond acceptors (Lipinski definition) is 4. The first-order valence-electron chi connectivity index (χ1n) is 8.55. The number of piperidine rings is 1. The minimum atomic E-state index is 0.733. The van der Waals surface area contributed by atoms with Gasteiger partial charge in [0, 0.05) is 30.9 Å². The summed E-state index contributed by atoms with van der Waals surface area (Å²) in [5, 5.41) is 7.38. The molecule has 0 aromatic carbocycles. The number of nitrogens with one attached hydrogen (secondary N) is 1. The molecule has 2 aromatic heterocycles. The Bertz CT molecular complexity index is 585. The summed E-state index contributed by atoms with van der Waals surface area (Å²) >= 11 is 0. The summed E-state index contributed by atoms with van der Waals surface area (Å²) < 4.78 is 5.49. The Balaban J connectivity index is 1.51. The largest absolute Gasteiger partial charge is 0.468 e. The molecule has 1 aliphatic heterocycles. The molecule has 0 aliphatic carbocycles. The molecule has 1 aliphatic rings. The maximum absolute atomic E-state index is 5.49. The van der Waals surface area contributed by atoms with Crippen LogP contribution in [-0.2, 0) is 13.1 Å². The summed E-state index contributed by atoms with van der Waals surface area (Å²) in [5.41, 5.74) is 3.66. The molecule has 0 saturated carbocycles. The van der Waals surface area contributed by atoms with Gasteiger partial charge in [-0.05, 0) is 58.3 Å². The van der Waals surface area contributed by atoms with Crippen LogP contribution in [0.25, 0.3) is 0 Å². The number of likely N-dealkylation sites (tertiary alicyclic amines) is 1. The molecule has 0 amide bonds. The van der Waals surface area contributed by atoms with Gasteiger partial charge in [-0.1, -0.05) is 0 Å². The predicted molar refractivity (Wildman–Crippen MR) is 91.1 cm³/mol. The Morgan fingerprint density at radius 2 is 2.30 bits per heavy atom. The Morgan fingerprint density at radius 3 is 3.00 bits per heavy atom. The van der Waals surface area contributed by atoms with E-state index in [1.807, 2.05) is 6.07 Å². The lowest BCUT2D eigenvalue weighted by molar-refractivity contribution is 0.129. The number of aromatic amines is 1. The predicted octanol–water partition coefficient (Wildman–Crippen LogP) is 2.96. The fourth-order valence-electron chi connectivity index (χ4n) is 3.65. The van der Waals surface area contributed by atoms with Gasteiger partial charge in [-0.25, -0.2) is 0 Å². The molecule has 5 nitrogen and oxygen atoms in total. The van der Waals surface area contributed by atoms with Crippen LogP contribution in [0.5, 0.6) is 0 Å². The fraction of sp³-hybridized carbons (Fsp3) is 0.611. The van der Waals surface area contributed by atoms with Gasteiger partial charge in [-0.2, -0.15) is 5.10 Å².